The minimum Gasteiger partial charge on any atom is -0.282 e. The van der Waals surface area contributed by atoms with Gasteiger partial charge in [-0.15, -0.1) is 0 Å². The number of aromatic nitrogens is 3. The molecule has 9 heteroatoms. The van der Waals surface area contributed by atoms with Crippen LogP contribution in [0.5, 0.6) is 0 Å². The lowest BCUT2D eigenvalue weighted by Crippen LogP contribution is -2.49. The van der Waals surface area contributed by atoms with Crippen molar-refractivity contribution in [1.82, 2.24) is 23.6 Å². The first-order valence-corrected chi connectivity index (χ1v) is 9.64. The van der Waals surface area contributed by atoms with Crippen LogP contribution in [0.25, 0.3) is 0 Å². The zero-order valence-electron chi connectivity index (χ0n) is 12.9. The van der Waals surface area contributed by atoms with Crippen molar-refractivity contribution in [2.75, 3.05) is 32.4 Å². The molecule has 1 aromatic rings. The zero-order chi connectivity index (χ0) is 15.7. The average molecular weight is 329 g/mol. The Hall–Kier alpha value is -1.19. The van der Waals surface area contributed by atoms with Gasteiger partial charge in [0.2, 0.25) is 10.0 Å². The van der Waals surface area contributed by atoms with Crippen LogP contribution in [0.15, 0.2) is 4.79 Å². The number of fused-ring (bicyclic) bond motifs is 1. The molecule has 0 atom stereocenters. The van der Waals surface area contributed by atoms with Crippen LogP contribution in [-0.4, -0.2) is 64.4 Å². The first-order chi connectivity index (χ1) is 10.4. The number of hydrogen-bond acceptors (Lipinski definition) is 5. The van der Waals surface area contributed by atoms with Gasteiger partial charge in [0.1, 0.15) is 5.82 Å². The van der Waals surface area contributed by atoms with E-state index in [1.165, 1.54) is 15.2 Å². The molecule has 3 rings (SSSR count). The second-order valence-electron chi connectivity index (χ2n) is 6.08. The van der Waals surface area contributed by atoms with Crippen molar-refractivity contribution in [1.29, 1.82) is 0 Å². The Morgan fingerprint density at radius 2 is 1.77 bits per heavy atom. The molecule has 0 unspecified atom stereocenters. The quantitative estimate of drug-likeness (QED) is 0.733. The van der Waals surface area contributed by atoms with Gasteiger partial charge in [-0.1, -0.05) is 6.42 Å². The molecular weight excluding hydrogens is 306 g/mol. The molecule has 0 bridgehead atoms. The van der Waals surface area contributed by atoms with Crippen molar-refractivity contribution in [3.8, 4) is 0 Å². The van der Waals surface area contributed by atoms with Crippen LogP contribution in [0.3, 0.4) is 0 Å². The number of aryl methyl sites for hydroxylation is 1. The predicted molar refractivity (Wildman–Crippen MR) is 82.0 cm³/mol. The summed E-state index contributed by atoms with van der Waals surface area (Å²) in [7, 11) is -3.12. The van der Waals surface area contributed by atoms with Gasteiger partial charge in [0, 0.05) is 39.1 Å². The number of sulfonamides is 1. The highest BCUT2D eigenvalue weighted by atomic mass is 32.2. The van der Waals surface area contributed by atoms with Crippen molar-refractivity contribution in [2.45, 2.75) is 38.9 Å². The minimum atomic E-state index is -3.12. The summed E-state index contributed by atoms with van der Waals surface area (Å²) in [5.74, 6) is 0.886. The second kappa shape index (κ2) is 6.13. The molecular formula is C13H23N5O3S. The van der Waals surface area contributed by atoms with Gasteiger partial charge in [-0.25, -0.2) is 13.2 Å². The smallest absolute Gasteiger partial charge is 0.282 e. The largest absolute Gasteiger partial charge is 0.347 e. The Morgan fingerprint density at radius 3 is 2.45 bits per heavy atom. The van der Waals surface area contributed by atoms with E-state index in [9.17, 15) is 13.2 Å². The summed E-state index contributed by atoms with van der Waals surface area (Å²) < 4.78 is 27.8. The number of hydrogen-bond donors (Lipinski definition) is 0. The van der Waals surface area contributed by atoms with Gasteiger partial charge < -0.3 is 0 Å². The number of rotatable bonds is 3. The van der Waals surface area contributed by atoms with Crippen molar-refractivity contribution in [2.24, 2.45) is 0 Å². The van der Waals surface area contributed by atoms with E-state index in [1.54, 1.807) is 4.57 Å². The van der Waals surface area contributed by atoms with E-state index in [4.69, 9.17) is 0 Å². The van der Waals surface area contributed by atoms with Crippen LogP contribution in [-0.2, 0) is 29.7 Å². The topological polar surface area (TPSA) is 80.4 Å². The molecule has 8 nitrogen and oxygen atoms in total. The minimum absolute atomic E-state index is 0.0394. The SMILES string of the molecule is CS(=O)(=O)N1CCN(Cn2nc3n(c2=O)CCCCC3)CC1. The highest BCUT2D eigenvalue weighted by Gasteiger charge is 2.24. The molecule has 3 heterocycles. The van der Waals surface area contributed by atoms with Crippen LogP contribution in [0.1, 0.15) is 25.1 Å². The average Bonchev–Trinajstić information content (AvgIpc) is 2.65. The molecule has 0 spiro atoms. The molecule has 1 aromatic heterocycles. The lowest BCUT2D eigenvalue weighted by atomic mass is 10.2. The number of nitrogens with zero attached hydrogens (tertiary/aromatic N) is 5. The maximum absolute atomic E-state index is 12.4. The van der Waals surface area contributed by atoms with Gasteiger partial charge in [-0.2, -0.15) is 14.1 Å². The lowest BCUT2D eigenvalue weighted by Gasteiger charge is -2.32. The standard InChI is InChI=1S/C13H23N5O3S/c1-22(20,21)16-9-7-15(8-10-16)11-18-13(19)17-6-4-2-3-5-12(17)14-18/h2-11H2,1H3. The Bertz CT molecular complexity index is 685. The van der Waals surface area contributed by atoms with Crippen molar-refractivity contribution in [3.63, 3.8) is 0 Å². The van der Waals surface area contributed by atoms with Crippen LogP contribution in [0, 0.1) is 0 Å². The summed E-state index contributed by atoms with van der Waals surface area (Å²) in [5.41, 5.74) is -0.0394. The van der Waals surface area contributed by atoms with Crippen LogP contribution in [0.2, 0.25) is 0 Å². The molecule has 2 aliphatic heterocycles. The molecule has 0 amide bonds. The molecule has 0 N–H and O–H groups in total. The van der Waals surface area contributed by atoms with E-state index in [0.29, 0.717) is 32.8 Å². The molecule has 22 heavy (non-hydrogen) atoms. The highest BCUT2D eigenvalue weighted by molar-refractivity contribution is 7.88. The van der Waals surface area contributed by atoms with Crippen molar-refractivity contribution < 1.29 is 8.42 Å². The van der Waals surface area contributed by atoms with Crippen molar-refractivity contribution in [3.05, 3.63) is 16.3 Å². The van der Waals surface area contributed by atoms with E-state index in [-0.39, 0.29) is 5.69 Å². The summed E-state index contributed by atoms with van der Waals surface area (Å²) in [6, 6.07) is 0. The fourth-order valence-electron chi connectivity index (χ4n) is 3.11. The first kappa shape index (κ1) is 15.7. The normalized spacial score (nSPS) is 21.5. The Morgan fingerprint density at radius 1 is 1.05 bits per heavy atom. The molecule has 0 aromatic carbocycles. The third-order valence-corrected chi connectivity index (χ3v) is 5.72. The van der Waals surface area contributed by atoms with Crippen LogP contribution >= 0.6 is 0 Å². The Balaban J connectivity index is 1.67. The molecule has 1 fully saturated rings. The van der Waals surface area contributed by atoms with Gasteiger partial charge in [0.25, 0.3) is 0 Å². The van der Waals surface area contributed by atoms with Gasteiger partial charge in [0.05, 0.1) is 12.9 Å². The molecule has 0 aliphatic carbocycles. The Kier molecular flexibility index (Phi) is 4.37. The lowest BCUT2D eigenvalue weighted by molar-refractivity contribution is 0.143. The zero-order valence-corrected chi connectivity index (χ0v) is 13.8. The van der Waals surface area contributed by atoms with Gasteiger partial charge in [0.15, 0.2) is 0 Å². The molecule has 0 radical (unpaired) electrons. The van der Waals surface area contributed by atoms with Crippen LogP contribution in [0.4, 0.5) is 0 Å². The number of piperazine rings is 1. The summed E-state index contributed by atoms with van der Waals surface area (Å²) in [6.45, 7) is 3.40. The Labute approximate surface area is 130 Å². The molecule has 124 valence electrons. The van der Waals surface area contributed by atoms with E-state index < -0.39 is 10.0 Å². The van der Waals surface area contributed by atoms with Crippen LogP contribution < -0.4 is 5.69 Å². The fraction of sp³-hybridized carbons (Fsp3) is 0.846. The second-order valence-corrected chi connectivity index (χ2v) is 8.06. The predicted octanol–water partition coefficient (Wildman–Crippen LogP) is -0.694. The summed E-state index contributed by atoms with van der Waals surface area (Å²) in [4.78, 5) is 14.5. The van der Waals surface area contributed by atoms with Gasteiger partial charge in [-0.3, -0.25) is 9.47 Å². The fourth-order valence-corrected chi connectivity index (χ4v) is 3.94. The highest BCUT2D eigenvalue weighted by Crippen LogP contribution is 2.11. The van der Waals surface area contributed by atoms with E-state index in [2.05, 4.69) is 10.00 Å². The first-order valence-electron chi connectivity index (χ1n) is 7.79. The van der Waals surface area contributed by atoms with Gasteiger partial charge in [-0.05, 0) is 12.8 Å². The van der Waals surface area contributed by atoms with E-state index >= 15 is 0 Å². The summed E-state index contributed by atoms with van der Waals surface area (Å²) in [5, 5.41) is 4.47. The summed E-state index contributed by atoms with van der Waals surface area (Å²) in [6.07, 6.45) is 5.37. The monoisotopic (exact) mass is 329 g/mol. The summed E-state index contributed by atoms with van der Waals surface area (Å²) >= 11 is 0. The van der Waals surface area contributed by atoms with Crippen molar-refractivity contribution >= 4 is 10.0 Å². The van der Waals surface area contributed by atoms with E-state index in [0.717, 1.165) is 38.1 Å². The maximum Gasteiger partial charge on any atom is 0.347 e. The third kappa shape index (κ3) is 3.26. The molecule has 2 aliphatic rings. The molecule has 0 saturated carbocycles. The molecule has 1 saturated heterocycles. The third-order valence-electron chi connectivity index (χ3n) is 4.42. The maximum atomic E-state index is 12.4. The van der Waals surface area contributed by atoms with E-state index in [1.807, 2.05) is 0 Å². The van der Waals surface area contributed by atoms with Gasteiger partial charge >= 0.3 is 5.69 Å².